The molecule has 0 unspecified atom stereocenters. The summed E-state index contributed by atoms with van der Waals surface area (Å²) in [4.78, 5) is 24.1. The highest BCUT2D eigenvalue weighted by atomic mass is 16.2. The Morgan fingerprint density at radius 1 is 0.926 bits per heavy atom. The van der Waals surface area contributed by atoms with Crippen molar-refractivity contribution in [1.29, 1.82) is 0 Å². The van der Waals surface area contributed by atoms with Crippen LogP contribution in [0.4, 0.5) is 4.79 Å². The molecule has 0 heterocycles. The zero-order valence-corrected chi connectivity index (χ0v) is 16.2. The van der Waals surface area contributed by atoms with Crippen LogP contribution in [-0.4, -0.2) is 25.0 Å². The van der Waals surface area contributed by atoms with Gasteiger partial charge in [0, 0.05) is 13.1 Å². The average molecular weight is 370 g/mol. The molecule has 4 aliphatic carbocycles. The monoisotopic (exact) mass is 369 g/mol. The summed E-state index contributed by atoms with van der Waals surface area (Å²) in [6.45, 7) is 3.31. The number of aryl methyl sites for hydroxylation is 1. The van der Waals surface area contributed by atoms with Gasteiger partial charge in [-0.1, -0.05) is 29.8 Å². The molecular formula is C22H31N3O2. The van der Waals surface area contributed by atoms with E-state index in [1.165, 1.54) is 44.1 Å². The predicted molar refractivity (Wildman–Crippen MR) is 105 cm³/mol. The second-order valence-corrected chi connectivity index (χ2v) is 9.22. The normalized spacial score (nSPS) is 30.8. The van der Waals surface area contributed by atoms with Gasteiger partial charge in [0.1, 0.15) is 0 Å². The lowest BCUT2D eigenvalue weighted by atomic mass is 9.49. The second-order valence-electron chi connectivity index (χ2n) is 9.22. The van der Waals surface area contributed by atoms with Crippen LogP contribution in [-0.2, 0) is 11.3 Å². The van der Waals surface area contributed by atoms with Crippen molar-refractivity contribution in [2.24, 2.45) is 23.2 Å². The van der Waals surface area contributed by atoms with Crippen molar-refractivity contribution < 1.29 is 9.59 Å². The van der Waals surface area contributed by atoms with E-state index < -0.39 is 0 Å². The smallest absolute Gasteiger partial charge is 0.315 e. The fourth-order valence-corrected chi connectivity index (χ4v) is 5.97. The molecule has 0 aliphatic heterocycles. The molecular weight excluding hydrogens is 338 g/mol. The quantitative estimate of drug-likeness (QED) is 0.721. The number of benzene rings is 1. The van der Waals surface area contributed by atoms with E-state index >= 15 is 0 Å². The molecule has 5 rings (SSSR count). The first-order valence-corrected chi connectivity index (χ1v) is 10.3. The fourth-order valence-electron chi connectivity index (χ4n) is 5.97. The van der Waals surface area contributed by atoms with E-state index in [0.29, 0.717) is 12.0 Å². The standard InChI is InChI=1S/C22H31N3O2/c1-15-2-4-16(5-3-15)12-23-21(27)24-13-20(26)25-14-22-9-17-6-18(10-22)8-19(7-17)11-22/h2-5,17-19H,6-14H2,1H3,(H,25,26)(H2,23,24,27). The maximum absolute atomic E-state index is 12.2. The third kappa shape index (κ3) is 4.45. The van der Waals surface area contributed by atoms with Gasteiger partial charge in [-0.15, -0.1) is 0 Å². The predicted octanol–water partition coefficient (Wildman–Crippen LogP) is 3.13. The van der Waals surface area contributed by atoms with Crippen LogP contribution in [0.1, 0.15) is 49.7 Å². The van der Waals surface area contributed by atoms with Crippen molar-refractivity contribution in [3.63, 3.8) is 0 Å². The van der Waals surface area contributed by atoms with E-state index in [0.717, 1.165) is 29.9 Å². The van der Waals surface area contributed by atoms with Gasteiger partial charge < -0.3 is 16.0 Å². The molecule has 3 N–H and O–H groups in total. The number of urea groups is 1. The minimum atomic E-state index is -0.305. The maximum atomic E-state index is 12.2. The molecule has 5 heteroatoms. The van der Waals surface area contributed by atoms with Gasteiger partial charge >= 0.3 is 6.03 Å². The Morgan fingerprint density at radius 3 is 2.11 bits per heavy atom. The van der Waals surface area contributed by atoms with Gasteiger partial charge in [-0.3, -0.25) is 4.79 Å². The SMILES string of the molecule is Cc1ccc(CNC(=O)NCC(=O)NCC23CC4CC(CC(C4)C2)C3)cc1. The average Bonchev–Trinajstić information content (AvgIpc) is 2.63. The number of nitrogens with one attached hydrogen (secondary N) is 3. The second kappa shape index (κ2) is 7.53. The fraction of sp³-hybridized carbons (Fsp3) is 0.636. The molecule has 146 valence electrons. The molecule has 4 bridgehead atoms. The largest absolute Gasteiger partial charge is 0.354 e. The van der Waals surface area contributed by atoms with E-state index in [9.17, 15) is 9.59 Å². The van der Waals surface area contributed by atoms with Crippen molar-refractivity contribution >= 4 is 11.9 Å². The lowest BCUT2D eigenvalue weighted by molar-refractivity contribution is -0.122. The molecule has 27 heavy (non-hydrogen) atoms. The topological polar surface area (TPSA) is 70.2 Å². The molecule has 4 fully saturated rings. The summed E-state index contributed by atoms with van der Waals surface area (Å²) in [7, 11) is 0. The molecule has 1 aromatic carbocycles. The number of hydrogen-bond donors (Lipinski definition) is 3. The Morgan fingerprint density at radius 2 is 1.52 bits per heavy atom. The molecule has 4 aliphatic rings. The van der Waals surface area contributed by atoms with Crippen LogP contribution in [0.25, 0.3) is 0 Å². The maximum Gasteiger partial charge on any atom is 0.315 e. The highest BCUT2D eigenvalue weighted by Gasteiger charge is 2.50. The highest BCUT2D eigenvalue weighted by Crippen LogP contribution is 2.59. The van der Waals surface area contributed by atoms with Gasteiger partial charge in [-0.05, 0) is 74.2 Å². The molecule has 4 saturated carbocycles. The van der Waals surface area contributed by atoms with Crippen molar-refractivity contribution in [2.45, 2.75) is 52.0 Å². The highest BCUT2D eigenvalue weighted by molar-refractivity contribution is 5.83. The molecule has 0 saturated heterocycles. The molecule has 0 spiro atoms. The minimum Gasteiger partial charge on any atom is -0.354 e. The van der Waals surface area contributed by atoms with Gasteiger partial charge in [0.25, 0.3) is 0 Å². The van der Waals surface area contributed by atoms with E-state index in [1.807, 2.05) is 31.2 Å². The van der Waals surface area contributed by atoms with Gasteiger partial charge in [0.05, 0.1) is 6.54 Å². The van der Waals surface area contributed by atoms with Crippen molar-refractivity contribution in [3.8, 4) is 0 Å². The Kier molecular flexibility index (Phi) is 5.11. The van der Waals surface area contributed by atoms with Crippen molar-refractivity contribution in [2.75, 3.05) is 13.1 Å². The van der Waals surface area contributed by atoms with Crippen LogP contribution in [0.15, 0.2) is 24.3 Å². The first kappa shape index (κ1) is 18.3. The molecule has 0 atom stereocenters. The van der Waals surface area contributed by atoms with Crippen LogP contribution in [0, 0.1) is 30.1 Å². The van der Waals surface area contributed by atoms with Gasteiger partial charge in [0.2, 0.25) is 5.91 Å². The van der Waals surface area contributed by atoms with Crippen molar-refractivity contribution in [3.05, 3.63) is 35.4 Å². The molecule has 1 aromatic rings. The Bertz CT molecular complexity index is 663. The molecule has 3 amide bonds. The number of carbonyl (C=O) groups excluding carboxylic acids is 2. The summed E-state index contributed by atoms with van der Waals surface area (Å²) < 4.78 is 0. The number of amides is 3. The summed E-state index contributed by atoms with van der Waals surface area (Å²) in [6, 6.07) is 7.72. The summed E-state index contributed by atoms with van der Waals surface area (Å²) >= 11 is 0. The first-order valence-electron chi connectivity index (χ1n) is 10.3. The molecule has 0 aromatic heterocycles. The molecule has 5 nitrogen and oxygen atoms in total. The van der Waals surface area contributed by atoms with E-state index in [-0.39, 0.29) is 18.5 Å². The van der Waals surface area contributed by atoms with Crippen LogP contribution in [0.5, 0.6) is 0 Å². The zero-order valence-electron chi connectivity index (χ0n) is 16.2. The van der Waals surface area contributed by atoms with Crippen molar-refractivity contribution in [1.82, 2.24) is 16.0 Å². The lowest BCUT2D eigenvalue weighted by Gasteiger charge is -2.56. The Hall–Kier alpha value is -2.04. The van der Waals surface area contributed by atoms with Crippen LogP contribution >= 0.6 is 0 Å². The van der Waals surface area contributed by atoms with Gasteiger partial charge in [0.15, 0.2) is 0 Å². The van der Waals surface area contributed by atoms with Crippen LogP contribution < -0.4 is 16.0 Å². The Labute approximate surface area is 161 Å². The number of rotatable bonds is 6. The van der Waals surface area contributed by atoms with Gasteiger partial charge in [-0.25, -0.2) is 4.79 Å². The lowest BCUT2D eigenvalue weighted by Crippen LogP contribution is -2.52. The Balaban J connectivity index is 1.17. The van der Waals surface area contributed by atoms with Crippen LogP contribution in [0.2, 0.25) is 0 Å². The third-order valence-electron chi connectivity index (χ3n) is 6.81. The molecule has 0 radical (unpaired) electrons. The number of hydrogen-bond acceptors (Lipinski definition) is 2. The van der Waals surface area contributed by atoms with E-state index in [1.54, 1.807) is 0 Å². The summed E-state index contributed by atoms with van der Waals surface area (Å²) in [5.74, 6) is 2.58. The first-order chi connectivity index (χ1) is 13.0. The van der Waals surface area contributed by atoms with E-state index in [4.69, 9.17) is 0 Å². The zero-order chi connectivity index (χ0) is 18.9. The minimum absolute atomic E-state index is 0.0338. The van der Waals surface area contributed by atoms with Crippen LogP contribution in [0.3, 0.4) is 0 Å². The number of carbonyl (C=O) groups is 2. The summed E-state index contributed by atoms with van der Waals surface area (Å²) in [5, 5.41) is 8.55. The summed E-state index contributed by atoms with van der Waals surface area (Å²) in [5.41, 5.74) is 2.57. The van der Waals surface area contributed by atoms with Gasteiger partial charge in [-0.2, -0.15) is 0 Å². The van der Waals surface area contributed by atoms with E-state index in [2.05, 4.69) is 16.0 Å². The third-order valence-corrected chi connectivity index (χ3v) is 6.81. The summed E-state index contributed by atoms with van der Waals surface area (Å²) in [6.07, 6.45) is 8.08.